The molecule has 0 unspecified atom stereocenters. The molecule has 16 heavy (non-hydrogen) atoms. The van der Waals surface area contributed by atoms with Gasteiger partial charge in [-0.15, -0.1) is 0 Å². The molecule has 2 heteroatoms. The van der Waals surface area contributed by atoms with E-state index >= 15 is 0 Å². The number of hydrogen-bond donors (Lipinski definition) is 1. The van der Waals surface area contributed by atoms with E-state index in [9.17, 15) is 0 Å². The molecule has 1 N–H and O–H groups in total. The van der Waals surface area contributed by atoms with Crippen LogP contribution >= 0.6 is 11.8 Å². The summed E-state index contributed by atoms with van der Waals surface area (Å²) in [5.74, 6) is 1.17. The Balaban J connectivity index is 2.11. The molecule has 0 aromatic heterocycles. The molecule has 0 saturated carbocycles. The minimum absolute atomic E-state index is 0.960. The summed E-state index contributed by atoms with van der Waals surface area (Å²) < 4.78 is 0. The first-order valence-electron chi connectivity index (χ1n) is 5.58. The SMILES string of the molecule is CSCCNCc1cccc2ccccc12. The van der Waals surface area contributed by atoms with Crippen LogP contribution in [0.15, 0.2) is 42.5 Å². The third-order valence-electron chi connectivity index (χ3n) is 2.68. The van der Waals surface area contributed by atoms with Gasteiger partial charge in [-0.25, -0.2) is 0 Å². The van der Waals surface area contributed by atoms with E-state index in [1.807, 2.05) is 11.8 Å². The third kappa shape index (κ3) is 2.77. The van der Waals surface area contributed by atoms with Crippen LogP contribution in [0.25, 0.3) is 10.8 Å². The van der Waals surface area contributed by atoms with Gasteiger partial charge in [0.1, 0.15) is 0 Å². The van der Waals surface area contributed by atoms with Gasteiger partial charge in [-0.3, -0.25) is 0 Å². The van der Waals surface area contributed by atoms with Gasteiger partial charge in [0.05, 0.1) is 0 Å². The summed E-state index contributed by atoms with van der Waals surface area (Å²) in [5, 5.41) is 6.16. The smallest absolute Gasteiger partial charge is 0.0211 e. The minimum atomic E-state index is 0.960. The molecule has 0 spiro atoms. The minimum Gasteiger partial charge on any atom is -0.312 e. The van der Waals surface area contributed by atoms with Gasteiger partial charge in [0.2, 0.25) is 0 Å². The van der Waals surface area contributed by atoms with Crippen molar-refractivity contribution < 1.29 is 0 Å². The Morgan fingerprint density at radius 1 is 1.06 bits per heavy atom. The number of thioether (sulfide) groups is 1. The van der Waals surface area contributed by atoms with Crippen molar-refractivity contribution in [2.45, 2.75) is 6.54 Å². The fourth-order valence-electron chi connectivity index (χ4n) is 1.84. The highest BCUT2D eigenvalue weighted by molar-refractivity contribution is 7.98. The molecule has 0 aliphatic heterocycles. The van der Waals surface area contributed by atoms with Crippen LogP contribution in [0.2, 0.25) is 0 Å². The summed E-state index contributed by atoms with van der Waals surface area (Å²) in [5.41, 5.74) is 1.39. The topological polar surface area (TPSA) is 12.0 Å². The van der Waals surface area contributed by atoms with Crippen LogP contribution in [-0.4, -0.2) is 18.6 Å². The molecule has 0 fully saturated rings. The molecular weight excluding hydrogens is 214 g/mol. The normalized spacial score (nSPS) is 10.8. The Morgan fingerprint density at radius 3 is 2.75 bits per heavy atom. The van der Waals surface area contributed by atoms with Crippen molar-refractivity contribution in [2.24, 2.45) is 0 Å². The summed E-state index contributed by atoms with van der Waals surface area (Å²) in [4.78, 5) is 0. The third-order valence-corrected chi connectivity index (χ3v) is 3.29. The van der Waals surface area contributed by atoms with E-state index < -0.39 is 0 Å². The Kier molecular flexibility index (Phi) is 4.25. The second-order valence-corrected chi connectivity index (χ2v) is 4.79. The highest BCUT2D eigenvalue weighted by Gasteiger charge is 1.98. The van der Waals surface area contributed by atoms with E-state index in [1.54, 1.807) is 0 Å². The Morgan fingerprint density at radius 2 is 1.88 bits per heavy atom. The molecule has 0 amide bonds. The molecule has 0 saturated heterocycles. The zero-order valence-corrected chi connectivity index (χ0v) is 10.4. The first-order valence-corrected chi connectivity index (χ1v) is 6.97. The molecule has 2 aromatic rings. The molecule has 2 aromatic carbocycles. The molecule has 0 bridgehead atoms. The fraction of sp³-hybridized carbons (Fsp3) is 0.286. The Labute approximate surface area is 101 Å². The molecule has 0 atom stereocenters. The number of rotatable bonds is 5. The summed E-state index contributed by atoms with van der Waals surface area (Å²) >= 11 is 1.88. The summed E-state index contributed by atoms with van der Waals surface area (Å²) in [7, 11) is 0. The number of fused-ring (bicyclic) bond motifs is 1. The largest absolute Gasteiger partial charge is 0.312 e. The maximum Gasteiger partial charge on any atom is 0.0211 e. The predicted molar refractivity (Wildman–Crippen MR) is 74.0 cm³/mol. The van der Waals surface area contributed by atoms with Crippen molar-refractivity contribution >= 4 is 22.5 Å². The maximum atomic E-state index is 3.47. The van der Waals surface area contributed by atoms with Crippen molar-refractivity contribution in [1.29, 1.82) is 0 Å². The molecule has 1 nitrogen and oxygen atoms in total. The van der Waals surface area contributed by atoms with Gasteiger partial charge in [0.15, 0.2) is 0 Å². The van der Waals surface area contributed by atoms with Gasteiger partial charge in [-0.2, -0.15) is 11.8 Å². The van der Waals surface area contributed by atoms with E-state index in [0.29, 0.717) is 0 Å². The van der Waals surface area contributed by atoms with Crippen molar-refractivity contribution in [3.63, 3.8) is 0 Å². The van der Waals surface area contributed by atoms with E-state index in [-0.39, 0.29) is 0 Å². The van der Waals surface area contributed by atoms with Crippen LogP contribution in [0.1, 0.15) is 5.56 Å². The first kappa shape index (κ1) is 11.5. The van der Waals surface area contributed by atoms with Gasteiger partial charge in [0.25, 0.3) is 0 Å². The lowest BCUT2D eigenvalue weighted by Gasteiger charge is -2.07. The standard InChI is InChI=1S/C14H17NS/c1-16-10-9-15-11-13-7-4-6-12-5-2-3-8-14(12)13/h2-8,15H,9-11H2,1H3. The van der Waals surface area contributed by atoms with Crippen LogP contribution < -0.4 is 5.32 Å². The molecule has 84 valence electrons. The van der Waals surface area contributed by atoms with E-state index in [2.05, 4.69) is 54.0 Å². The molecule has 2 rings (SSSR count). The average molecular weight is 231 g/mol. The second-order valence-electron chi connectivity index (χ2n) is 3.81. The maximum absolute atomic E-state index is 3.47. The zero-order chi connectivity index (χ0) is 11.2. The van der Waals surface area contributed by atoms with E-state index in [4.69, 9.17) is 0 Å². The molecule has 0 aliphatic carbocycles. The molecule has 0 heterocycles. The monoisotopic (exact) mass is 231 g/mol. The lowest BCUT2D eigenvalue weighted by molar-refractivity contribution is 0.736. The summed E-state index contributed by atoms with van der Waals surface area (Å²) in [6.07, 6.45) is 2.14. The predicted octanol–water partition coefficient (Wildman–Crippen LogP) is 3.29. The van der Waals surface area contributed by atoms with Gasteiger partial charge < -0.3 is 5.32 Å². The Hall–Kier alpha value is -0.990. The van der Waals surface area contributed by atoms with Crippen LogP contribution in [0, 0.1) is 0 Å². The van der Waals surface area contributed by atoms with Crippen LogP contribution in [0.5, 0.6) is 0 Å². The Bertz CT molecular complexity index is 448. The highest BCUT2D eigenvalue weighted by Crippen LogP contribution is 2.17. The molecular formula is C14H17NS. The lowest BCUT2D eigenvalue weighted by Crippen LogP contribution is -2.16. The molecule has 0 aliphatic rings. The van der Waals surface area contributed by atoms with E-state index in [0.717, 1.165) is 13.1 Å². The van der Waals surface area contributed by atoms with Crippen LogP contribution in [0.3, 0.4) is 0 Å². The summed E-state index contributed by atoms with van der Waals surface area (Å²) in [6, 6.07) is 15.1. The number of benzene rings is 2. The fourth-order valence-corrected chi connectivity index (χ4v) is 2.19. The van der Waals surface area contributed by atoms with Crippen LogP contribution in [0.4, 0.5) is 0 Å². The van der Waals surface area contributed by atoms with Gasteiger partial charge in [0, 0.05) is 18.8 Å². The van der Waals surface area contributed by atoms with Crippen molar-refractivity contribution in [3.8, 4) is 0 Å². The van der Waals surface area contributed by atoms with E-state index in [1.165, 1.54) is 22.1 Å². The van der Waals surface area contributed by atoms with Crippen molar-refractivity contribution in [2.75, 3.05) is 18.6 Å². The van der Waals surface area contributed by atoms with Crippen molar-refractivity contribution in [1.82, 2.24) is 5.32 Å². The van der Waals surface area contributed by atoms with Gasteiger partial charge in [-0.1, -0.05) is 42.5 Å². The van der Waals surface area contributed by atoms with Crippen molar-refractivity contribution in [3.05, 3.63) is 48.0 Å². The number of hydrogen-bond acceptors (Lipinski definition) is 2. The second kappa shape index (κ2) is 5.92. The lowest BCUT2D eigenvalue weighted by atomic mass is 10.0. The molecule has 0 radical (unpaired) electrons. The van der Waals surface area contributed by atoms with Gasteiger partial charge in [-0.05, 0) is 22.6 Å². The summed E-state index contributed by atoms with van der Waals surface area (Å²) in [6.45, 7) is 2.03. The first-order chi connectivity index (χ1) is 7.92. The van der Waals surface area contributed by atoms with Crippen LogP contribution in [-0.2, 0) is 6.54 Å². The zero-order valence-electron chi connectivity index (χ0n) is 9.57. The van der Waals surface area contributed by atoms with Gasteiger partial charge >= 0.3 is 0 Å². The quantitative estimate of drug-likeness (QED) is 0.792. The average Bonchev–Trinajstić information content (AvgIpc) is 2.35. The highest BCUT2D eigenvalue weighted by atomic mass is 32.2. The number of nitrogens with one attached hydrogen (secondary N) is 1.